The SMILES string of the molecule is CC(C)c1ccc(OCC(=O)N(Cc2ccc(Cl)c(Cl)c2)[C@H](Cc2ccccc2)C(=O)NC(C)(C)C)cc1. The molecule has 0 unspecified atom stereocenters. The van der Waals surface area contributed by atoms with Crippen molar-refractivity contribution >= 4 is 35.0 Å². The van der Waals surface area contributed by atoms with Crippen molar-refractivity contribution in [2.75, 3.05) is 6.61 Å². The maximum Gasteiger partial charge on any atom is 0.261 e. The van der Waals surface area contributed by atoms with E-state index in [2.05, 4.69) is 19.2 Å². The van der Waals surface area contributed by atoms with Crippen LogP contribution in [0.5, 0.6) is 5.75 Å². The normalized spacial score (nSPS) is 12.2. The second kappa shape index (κ2) is 13.2. The molecule has 3 aromatic carbocycles. The summed E-state index contributed by atoms with van der Waals surface area (Å²) in [5.41, 5.74) is 2.42. The molecule has 3 rings (SSSR count). The summed E-state index contributed by atoms with van der Waals surface area (Å²) < 4.78 is 5.87. The minimum Gasteiger partial charge on any atom is -0.484 e. The van der Waals surface area contributed by atoms with Crippen LogP contribution in [0.2, 0.25) is 10.0 Å². The molecule has 1 atom stereocenters. The zero-order valence-electron chi connectivity index (χ0n) is 22.6. The molecule has 0 aromatic heterocycles. The van der Waals surface area contributed by atoms with Crippen LogP contribution in [0, 0.1) is 0 Å². The molecule has 2 amide bonds. The van der Waals surface area contributed by atoms with Gasteiger partial charge in [-0.3, -0.25) is 9.59 Å². The fraction of sp³-hybridized carbons (Fsp3) is 0.355. The fourth-order valence-electron chi connectivity index (χ4n) is 4.02. The van der Waals surface area contributed by atoms with Gasteiger partial charge in [-0.05, 0) is 67.6 Å². The highest BCUT2D eigenvalue weighted by molar-refractivity contribution is 6.42. The number of halogens is 2. The van der Waals surface area contributed by atoms with Crippen LogP contribution in [0.3, 0.4) is 0 Å². The Morgan fingerprint density at radius 3 is 2.13 bits per heavy atom. The Balaban J connectivity index is 1.92. The van der Waals surface area contributed by atoms with E-state index in [-0.39, 0.29) is 25.0 Å². The monoisotopic (exact) mass is 554 g/mol. The summed E-state index contributed by atoms with van der Waals surface area (Å²) in [7, 11) is 0. The third kappa shape index (κ3) is 8.78. The Morgan fingerprint density at radius 1 is 0.895 bits per heavy atom. The quantitative estimate of drug-likeness (QED) is 0.292. The second-order valence-corrected chi connectivity index (χ2v) is 11.5. The molecule has 7 heteroatoms. The van der Waals surface area contributed by atoms with Crippen molar-refractivity contribution < 1.29 is 14.3 Å². The minimum absolute atomic E-state index is 0.167. The molecule has 202 valence electrons. The van der Waals surface area contributed by atoms with Gasteiger partial charge in [0.1, 0.15) is 11.8 Å². The van der Waals surface area contributed by atoms with Gasteiger partial charge in [0.2, 0.25) is 5.91 Å². The number of benzene rings is 3. The van der Waals surface area contributed by atoms with Gasteiger partial charge in [-0.25, -0.2) is 0 Å². The van der Waals surface area contributed by atoms with Gasteiger partial charge in [-0.2, -0.15) is 0 Å². The van der Waals surface area contributed by atoms with Gasteiger partial charge < -0.3 is 15.0 Å². The molecule has 3 aromatic rings. The standard InChI is InChI=1S/C31H36Cl2N2O3/c1-21(2)24-12-14-25(15-13-24)38-20-29(36)35(19-23-11-16-26(32)27(33)17-23)28(30(37)34-31(3,4)5)18-22-9-7-6-8-10-22/h6-17,21,28H,18-20H2,1-5H3,(H,34,37)/t28-/m1/s1. The zero-order valence-corrected chi connectivity index (χ0v) is 24.1. The van der Waals surface area contributed by atoms with Gasteiger partial charge >= 0.3 is 0 Å². The summed E-state index contributed by atoms with van der Waals surface area (Å²) in [6.07, 6.45) is 0.346. The molecular weight excluding hydrogens is 519 g/mol. The number of amides is 2. The first-order valence-electron chi connectivity index (χ1n) is 12.7. The van der Waals surface area contributed by atoms with Crippen LogP contribution >= 0.6 is 23.2 Å². The van der Waals surface area contributed by atoms with Crippen LogP contribution in [0.15, 0.2) is 72.8 Å². The van der Waals surface area contributed by atoms with Crippen molar-refractivity contribution in [3.8, 4) is 5.75 Å². The molecule has 0 aliphatic heterocycles. The first-order valence-corrected chi connectivity index (χ1v) is 13.5. The van der Waals surface area contributed by atoms with E-state index in [0.29, 0.717) is 28.1 Å². The summed E-state index contributed by atoms with van der Waals surface area (Å²) in [5, 5.41) is 3.86. The molecule has 0 bridgehead atoms. The van der Waals surface area contributed by atoms with Gasteiger partial charge in [0, 0.05) is 18.5 Å². The fourth-order valence-corrected chi connectivity index (χ4v) is 4.34. The van der Waals surface area contributed by atoms with Crippen molar-refractivity contribution in [2.45, 2.75) is 65.1 Å². The van der Waals surface area contributed by atoms with Crippen LogP contribution in [0.1, 0.15) is 57.2 Å². The van der Waals surface area contributed by atoms with E-state index >= 15 is 0 Å². The molecule has 1 N–H and O–H groups in total. The first-order chi connectivity index (χ1) is 17.9. The maximum absolute atomic E-state index is 13.7. The lowest BCUT2D eigenvalue weighted by Gasteiger charge is -2.33. The Bertz CT molecular complexity index is 1220. The predicted octanol–water partition coefficient (Wildman–Crippen LogP) is 7.05. The number of nitrogens with one attached hydrogen (secondary N) is 1. The van der Waals surface area contributed by atoms with Crippen LogP contribution in [-0.4, -0.2) is 34.9 Å². The van der Waals surface area contributed by atoms with Crippen molar-refractivity contribution in [3.05, 3.63) is 99.5 Å². The number of ether oxygens (including phenoxy) is 1. The average Bonchev–Trinajstić information content (AvgIpc) is 2.86. The van der Waals surface area contributed by atoms with Gasteiger partial charge in [-0.15, -0.1) is 0 Å². The third-order valence-corrected chi connectivity index (χ3v) is 6.75. The third-order valence-electron chi connectivity index (χ3n) is 6.02. The molecule has 0 radical (unpaired) electrons. The van der Waals surface area contributed by atoms with Crippen molar-refractivity contribution in [1.29, 1.82) is 0 Å². The van der Waals surface area contributed by atoms with E-state index in [1.54, 1.807) is 23.1 Å². The summed E-state index contributed by atoms with van der Waals surface area (Å²) in [6, 6.07) is 21.8. The predicted molar refractivity (Wildman–Crippen MR) is 155 cm³/mol. The minimum atomic E-state index is -0.773. The van der Waals surface area contributed by atoms with Crippen LogP contribution in [-0.2, 0) is 22.6 Å². The number of rotatable bonds is 10. The van der Waals surface area contributed by atoms with E-state index in [4.69, 9.17) is 27.9 Å². The average molecular weight is 556 g/mol. The maximum atomic E-state index is 13.7. The Morgan fingerprint density at radius 2 is 1.55 bits per heavy atom. The topological polar surface area (TPSA) is 58.6 Å². The largest absolute Gasteiger partial charge is 0.484 e. The number of carbonyl (C=O) groups excluding carboxylic acids is 2. The lowest BCUT2D eigenvalue weighted by molar-refractivity contribution is -0.143. The van der Waals surface area contributed by atoms with Crippen LogP contribution in [0.25, 0.3) is 0 Å². The molecule has 38 heavy (non-hydrogen) atoms. The highest BCUT2D eigenvalue weighted by Crippen LogP contribution is 2.25. The van der Waals surface area contributed by atoms with E-state index in [1.807, 2.05) is 75.4 Å². The van der Waals surface area contributed by atoms with Crippen LogP contribution < -0.4 is 10.1 Å². The summed E-state index contributed by atoms with van der Waals surface area (Å²) in [6.45, 7) is 9.95. The molecule has 0 fully saturated rings. The summed E-state index contributed by atoms with van der Waals surface area (Å²) in [4.78, 5) is 28.9. The lowest BCUT2D eigenvalue weighted by atomic mass is 10.0. The zero-order chi connectivity index (χ0) is 27.9. The van der Waals surface area contributed by atoms with Gasteiger partial charge in [0.25, 0.3) is 5.91 Å². The Hall–Kier alpha value is -3.02. The van der Waals surface area contributed by atoms with Gasteiger partial charge in [-0.1, -0.05) is 85.6 Å². The molecule has 0 saturated heterocycles. The highest BCUT2D eigenvalue weighted by Gasteiger charge is 2.32. The smallest absolute Gasteiger partial charge is 0.261 e. The van der Waals surface area contributed by atoms with Crippen molar-refractivity contribution in [3.63, 3.8) is 0 Å². The van der Waals surface area contributed by atoms with E-state index in [0.717, 1.165) is 11.1 Å². The lowest BCUT2D eigenvalue weighted by Crippen LogP contribution is -2.55. The van der Waals surface area contributed by atoms with E-state index < -0.39 is 11.6 Å². The summed E-state index contributed by atoms with van der Waals surface area (Å²) in [5.74, 6) is 0.438. The van der Waals surface area contributed by atoms with Crippen molar-refractivity contribution in [2.24, 2.45) is 0 Å². The number of hydrogen-bond acceptors (Lipinski definition) is 3. The molecule has 0 spiro atoms. The van der Waals surface area contributed by atoms with Crippen molar-refractivity contribution in [1.82, 2.24) is 10.2 Å². The molecule has 0 saturated carbocycles. The van der Waals surface area contributed by atoms with Gasteiger partial charge in [0.15, 0.2) is 6.61 Å². The molecule has 0 heterocycles. The second-order valence-electron chi connectivity index (χ2n) is 10.7. The first kappa shape index (κ1) is 29.5. The van der Waals surface area contributed by atoms with E-state index in [9.17, 15) is 9.59 Å². The molecular formula is C31H36Cl2N2O3. The number of hydrogen-bond donors (Lipinski definition) is 1. The Labute approximate surface area is 236 Å². The Kier molecular flexibility index (Phi) is 10.2. The van der Waals surface area contributed by atoms with E-state index in [1.165, 1.54) is 5.56 Å². The van der Waals surface area contributed by atoms with Gasteiger partial charge in [0.05, 0.1) is 10.0 Å². The summed E-state index contributed by atoms with van der Waals surface area (Å²) >= 11 is 12.4. The number of carbonyl (C=O) groups is 2. The number of nitrogens with zero attached hydrogens (tertiary/aromatic N) is 1. The molecule has 0 aliphatic carbocycles. The molecule has 5 nitrogen and oxygen atoms in total. The van der Waals surface area contributed by atoms with Crippen LogP contribution in [0.4, 0.5) is 0 Å². The molecule has 0 aliphatic rings. The highest BCUT2D eigenvalue weighted by atomic mass is 35.5.